The number of nitrogens with zero attached hydrogens (tertiary/aromatic N) is 2. The van der Waals surface area contributed by atoms with Crippen molar-refractivity contribution in [1.82, 2.24) is 9.78 Å². The van der Waals surface area contributed by atoms with Crippen LogP contribution >= 0.6 is 0 Å². The molecular weight excluding hydrogens is 445 g/mol. The molecule has 178 valence electrons. The van der Waals surface area contributed by atoms with Crippen LogP contribution in [0, 0.1) is 5.82 Å². The van der Waals surface area contributed by atoms with Gasteiger partial charge in [-0.15, -0.1) is 0 Å². The van der Waals surface area contributed by atoms with E-state index in [9.17, 15) is 14.0 Å². The first-order valence-electron chi connectivity index (χ1n) is 11.3. The standard InChI is InChI=1S/C28H26FN3O3/c1-18(2)27-26(28(35-19(3)33)32(31-27)24-11-7-10-22(29)17-24)21-12-14-23(15-13-21)30-25(34)16-20-8-5-4-6-9-20/h4-15,17-18H,16H2,1-3H3,(H,30,34). The van der Waals surface area contributed by atoms with Crippen LogP contribution in [0.25, 0.3) is 16.8 Å². The lowest BCUT2D eigenvalue weighted by atomic mass is 9.99. The molecule has 1 aromatic heterocycles. The first kappa shape index (κ1) is 23.9. The molecule has 0 atom stereocenters. The lowest BCUT2D eigenvalue weighted by Gasteiger charge is -2.11. The van der Waals surface area contributed by atoms with E-state index in [0.29, 0.717) is 22.6 Å². The van der Waals surface area contributed by atoms with Crippen LogP contribution in [-0.2, 0) is 16.0 Å². The van der Waals surface area contributed by atoms with Crippen molar-refractivity contribution >= 4 is 17.6 Å². The van der Waals surface area contributed by atoms with E-state index in [4.69, 9.17) is 4.74 Å². The highest BCUT2D eigenvalue weighted by Crippen LogP contribution is 2.39. The van der Waals surface area contributed by atoms with Gasteiger partial charge in [0.15, 0.2) is 0 Å². The van der Waals surface area contributed by atoms with Gasteiger partial charge >= 0.3 is 5.97 Å². The highest BCUT2D eigenvalue weighted by molar-refractivity contribution is 5.92. The second kappa shape index (κ2) is 10.3. The summed E-state index contributed by atoms with van der Waals surface area (Å²) in [6.07, 6.45) is 0.275. The molecule has 0 saturated carbocycles. The van der Waals surface area contributed by atoms with Crippen LogP contribution in [0.3, 0.4) is 0 Å². The Hall–Kier alpha value is -4.26. The second-order valence-corrected chi connectivity index (χ2v) is 8.49. The Morgan fingerprint density at radius 1 is 1.00 bits per heavy atom. The topological polar surface area (TPSA) is 73.2 Å². The number of ether oxygens (including phenoxy) is 1. The van der Waals surface area contributed by atoms with Crippen molar-refractivity contribution in [2.75, 3.05) is 5.32 Å². The van der Waals surface area contributed by atoms with E-state index < -0.39 is 11.8 Å². The van der Waals surface area contributed by atoms with Gasteiger partial charge < -0.3 is 10.1 Å². The summed E-state index contributed by atoms with van der Waals surface area (Å²) in [7, 11) is 0. The summed E-state index contributed by atoms with van der Waals surface area (Å²) >= 11 is 0. The molecule has 0 unspecified atom stereocenters. The number of carbonyl (C=O) groups is 2. The van der Waals surface area contributed by atoms with Gasteiger partial charge in [-0.1, -0.05) is 62.4 Å². The lowest BCUT2D eigenvalue weighted by Crippen LogP contribution is -2.14. The normalized spacial score (nSPS) is 10.9. The smallest absolute Gasteiger partial charge is 0.309 e. The van der Waals surface area contributed by atoms with E-state index in [2.05, 4.69) is 10.4 Å². The molecule has 3 aromatic carbocycles. The Labute approximate surface area is 203 Å². The zero-order valence-corrected chi connectivity index (χ0v) is 19.8. The molecule has 1 heterocycles. The number of hydrogen-bond acceptors (Lipinski definition) is 4. The minimum Gasteiger partial charge on any atom is -0.407 e. The van der Waals surface area contributed by atoms with E-state index in [1.165, 1.54) is 23.7 Å². The summed E-state index contributed by atoms with van der Waals surface area (Å²) in [5.41, 5.74) is 4.12. The summed E-state index contributed by atoms with van der Waals surface area (Å²) in [5.74, 6) is -0.836. The van der Waals surface area contributed by atoms with Gasteiger partial charge in [-0.05, 0) is 47.4 Å². The van der Waals surface area contributed by atoms with Gasteiger partial charge in [0.25, 0.3) is 0 Å². The van der Waals surface area contributed by atoms with E-state index in [1.807, 2.05) is 56.3 Å². The number of rotatable bonds is 7. The van der Waals surface area contributed by atoms with Crippen LogP contribution in [0.4, 0.5) is 10.1 Å². The molecule has 4 rings (SSSR count). The molecule has 0 aliphatic carbocycles. The molecule has 0 bridgehead atoms. The number of benzene rings is 3. The first-order chi connectivity index (χ1) is 16.8. The molecule has 0 radical (unpaired) electrons. The Balaban J connectivity index is 1.69. The average Bonchev–Trinajstić information content (AvgIpc) is 3.19. The second-order valence-electron chi connectivity index (χ2n) is 8.49. The average molecular weight is 472 g/mol. The Morgan fingerprint density at radius 2 is 1.71 bits per heavy atom. The van der Waals surface area contributed by atoms with Crippen LogP contribution < -0.4 is 10.1 Å². The molecule has 1 N–H and O–H groups in total. The molecule has 6 nitrogen and oxygen atoms in total. The number of nitrogens with one attached hydrogen (secondary N) is 1. The predicted molar refractivity (Wildman–Crippen MR) is 133 cm³/mol. The fourth-order valence-corrected chi connectivity index (χ4v) is 3.81. The van der Waals surface area contributed by atoms with Crippen molar-refractivity contribution in [2.45, 2.75) is 33.1 Å². The number of aromatic nitrogens is 2. The zero-order valence-electron chi connectivity index (χ0n) is 19.8. The first-order valence-corrected chi connectivity index (χ1v) is 11.3. The maximum Gasteiger partial charge on any atom is 0.309 e. The highest BCUT2D eigenvalue weighted by Gasteiger charge is 2.25. The van der Waals surface area contributed by atoms with Crippen molar-refractivity contribution in [1.29, 1.82) is 0 Å². The summed E-state index contributed by atoms with van der Waals surface area (Å²) in [5, 5.41) is 7.57. The minimum absolute atomic E-state index is 0.000584. The molecule has 0 spiro atoms. The van der Waals surface area contributed by atoms with Crippen molar-refractivity contribution in [2.24, 2.45) is 0 Å². The maximum absolute atomic E-state index is 13.9. The van der Waals surface area contributed by atoms with Gasteiger partial charge in [0.2, 0.25) is 11.8 Å². The van der Waals surface area contributed by atoms with Crippen LogP contribution in [0.1, 0.15) is 37.9 Å². The molecule has 0 aliphatic rings. The van der Waals surface area contributed by atoms with Gasteiger partial charge in [-0.25, -0.2) is 4.39 Å². The highest BCUT2D eigenvalue weighted by atomic mass is 19.1. The number of anilines is 1. The zero-order chi connectivity index (χ0) is 24.9. The van der Waals surface area contributed by atoms with Crippen LogP contribution in [0.2, 0.25) is 0 Å². The summed E-state index contributed by atoms with van der Waals surface area (Å²) in [6, 6.07) is 22.7. The number of amides is 1. The van der Waals surface area contributed by atoms with E-state index in [0.717, 1.165) is 11.1 Å². The molecule has 4 aromatic rings. The number of esters is 1. The summed E-state index contributed by atoms with van der Waals surface area (Å²) in [6.45, 7) is 5.28. The molecule has 0 aliphatic heterocycles. The lowest BCUT2D eigenvalue weighted by molar-refractivity contribution is -0.132. The molecule has 7 heteroatoms. The van der Waals surface area contributed by atoms with Crippen molar-refractivity contribution < 1.29 is 18.7 Å². The monoisotopic (exact) mass is 471 g/mol. The van der Waals surface area contributed by atoms with Gasteiger partial charge in [0, 0.05) is 12.6 Å². The predicted octanol–water partition coefficient (Wildman–Crippen LogP) is 5.91. The number of hydrogen-bond donors (Lipinski definition) is 1. The number of halogens is 1. The number of carbonyl (C=O) groups excluding carboxylic acids is 2. The van der Waals surface area contributed by atoms with E-state index in [-0.39, 0.29) is 24.1 Å². The van der Waals surface area contributed by atoms with Crippen LogP contribution in [0.15, 0.2) is 78.9 Å². The molecule has 0 fully saturated rings. The van der Waals surface area contributed by atoms with Crippen LogP contribution in [0.5, 0.6) is 5.88 Å². The van der Waals surface area contributed by atoms with Gasteiger partial charge in [-0.3, -0.25) is 9.59 Å². The van der Waals surface area contributed by atoms with E-state index >= 15 is 0 Å². The quantitative estimate of drug-likeness (QED) is 0.340. The van der Waals surface area contributed by atoms with Gasteiger partial charge in [0.1, 0.15) is 5.82 Å². The maximum atomic E-state index is 13.9. The fourth-order valence-electron chi connectivity index (χ4n) is 3.81. The Morgan fingerprint density at radius 3 is 2.34 bits per heavy atom. The Kier molecular flexibility index (Phi) is 7.06. The summed E-state index contributed by atoms with van der Waals surface area (Å²) in [4.78, 5) is 24.4. The van der Waals surface area contributed by atoms with Gasteiger partial charge in [-0.2, -0.15) is 9.78 Å². The van der Waals surface area contributed by atoms with Crippen LogP contribution in [-0.4, -0.2) is 21.7 Å². The largest absolute Gasteiger partial charge is 0.407 e. The Bertz CT molecular complexity index is 1350. The van der Waals surface area contributed by atoms with Crippen molar-refractivity contribution in [3.05, 3.63) is 95.9 Å². The fraction of sp³-hybridized carbons (Fsp3) is 0.179. The van der Waals surface area contributed by atoms with Crippen molar-refractivity contribution in [3.63, 3.8) is 0 Å². The molecule has 35 heavy (non-hydrogen) atoms. The third-order valence-corrected chi connectivity index (χ3v) is 5.37. The summed E-state index contributed by atoms with van der Waals surface area (Å²) < 4.78 is 21.0. The third kappa shape index (κ3) is 5.63. The van der Waals surface area contributed by atoms with E-state index in [1.54, 1.807) is 24.3 Å². The molecule has 0 saturated heterocycles. The molecular formula is C28H26FN3O3. The van der Waals surface area contributed by atoms with Crippen molar-refractivity contribution in [3.8, 4) is 22.7 Å². The van der Waals surface area contributed by atoms with Gasteiger partial charge in [0.05, 0.1) is 23.4 Å². The minimum atomic E-state index is -0.510. The molecule has 1 amide bonds. The third-order valence-electron chi connectivity index (χ3n) is 5.37. The SMILES string of the molecule is CC(=O)Oc1c(-c2ccc(NC(=O)Cc3ccccc3)cc2)c(C(C)C)nn1-c1cccc(F)c1.